The molecule has 2 heterocycles. The number of benzene rings is 2. The minimum atomic E-state index is -1.29. The summed E-state index contributed by atoms with van der Waals surface area (Å²) >= 11 is 0. The Bertz CT molecular complexity index is 1190. The molecule has 208 valence electrons. The van der Waals surface area contributed by atoms with Crippen LogP contribution in [0.4, 0.5) is 4.39 Å². The minimum absolute atomic E-state index is 0.0287. The molecule has 2 aromatic rings. The summed E-state index contributed by atoms with van der Waals surface area (Å²) in [6, 6.07) is 15.4. The van der Waals surface area contributed by atoms with E-state index in [0.717, 1.165) is 18.4 Å². The molecule has 3 aliphatic rings. The fraction of sp³-hybridized carbons (Fsp3) is 0.533. The number of fused-ring (bicyclic) bond motifs is 1. The van der Waals surface area contributed by atoms with Gasteiger partial charge in [0.1, 0.15) is 11.9 Å². The summed E-state index contributed by atoms with van der Waals surface area (Å²) in [7, 11) is 0. The van der Waals surface area contributed by atoms with Crippen LogP contribution in [0.1, 0.15) is 56.2 Å². The maximum absolute atomic E-state index is 13.9. The van der Waals surface area contributed by atoms with E-state index < -0.39 is 29.7 Å². The van der Waals surface area contributed by atoms with Gasteiger partial charge in [0.05, 0.1) is 43.2 Å². The molecule has 2 unspecified atom stereocenters. The van der Waals surface area contributed by atoms with Gasteiger partial charge < -0.3 is 29.0 Å². The normalized spacial score (nSPS) is 29.5. The van der Waals surface area contributed by atoms with Gasteiger partial charge in [0, 0.05) is 26.0 Å². The average molecular weight is 539 g/mol. The highest BCUT2D eigenvalue weighted by atomic mass is 19.1. The monoisotopic (exact) mass is 538 g/mol. The number of rotatable bonds is 9. The van der Waals surface area contributed by atoms with Crippen LogP contribution in [0.15, 0.2) is 48.5 Å². The first-order chi connectivity index (χ1) is 18.7. The third-order valence-electron chi connectivity index (χ3n) is 7.53. The number of hydrogen-bond acceptors (Lipinski definition) is 7. The molecule has 1 amide bonds. The fourth-order valence-corrected chi connectivity index (χ4v) is 5.61. The number of carbonyl (C=O) groups excluding carboxylic acids is 1. The van der Waals surface area contributed by atoms with E-state index >= 15 is 0 Å². The van der Waals surface area contributed by atoms with Crippen molar-refractivity contribution in [2.75, 3.05) is 13.2 Å². The van der Waals surface area contributed by atoms with E-state index in [4.69, 9.17) is 28.9 Å². The third kappa shape index (κ3) is 6.65. The SMILES string of the molecule is CC1(C)O[C@@H]2C[C@@](OCc3cccc(F)c3)(C(=O)NCC3CCCO3)CC(OCc3ccc(C#N)cc3)[C@@H]2O1. The van der Waals surface area contributed by atoms with Crippen molar-refractivity contribution < 1.29 is 32.9 Å². The Morgan fingerprint density at radius 2 is 1.95 bits per heavy atom. The molecule has 2 aliphatic heterocycles. The minimum Gasteiger partial charge on any atom is -0.376 e. The number of nitriles is 1. The molecule has 1 saturated carbocycles. The van der Waals surface area contributed by atoms with E-state index in [1.165, 1.54) is 12.1 Å². The summed E-state index contributed by atoms with van der Waals surface area (Å²) in [5.74, 6) is -1.49. The van der Waals surface area contributed by atoms with Crippen LogP contribution in [0.5, 0.6) is 0 Å². The van der Waals surface area contributed by atoms with E-state index in [0.29, 0.717) is 24.3 Å². The molecule has 39 heavy (non-hydrogen) atoms. The van der Waals surface area contributed by atoms with Gasteiger partial charge in [-0.05, 0) is 62.1 Å². The highest BCUT2D eigenvalue weighted by Crippen LogP contribution is 2.44. The van der Waals surface area contributed by atoms with Crippen molar-refractivity contribution in [3.05, 3.63) is 71.0 Å². The predicted molar refractivity (Wildman–Crippen MR) is 139 cm³/mol. The lowest BCUT2D eigenvalue weighted by atomic mass is 9.78. The standard InChI is InChI=1S/C30H35FN2O6/c1-29(2)38-26-15-30(28(34)33-17-24-7-4-12-35-24,37-19-22-5-3-6-23(31)13-22)14-25(27(26)39-29)36-18-21-10-8-20(16-32)9-11-21/h3,5-6,8-11,13,24-27H,4,7,12,14-15,17-19H2,1-2H3,(H,33,34)/t24?,25?,26-,27+,30-/m1/s1. The summed E-state index contributed by atoms with van der Waals surface area (Å²) < 4.78 is 44.8. The van der Waals surface area contributed by atoms with Crippen LogP contribution in [-0.2, 0) is 41.7 Å². The van der Waals surface area contributed by atoms with Crippen molar-refractivity contribution in [2.24, 2.45) is 0 Å². The van der Waals surface area contributed by atoms with Crippen LogP contribution in [0.2, 0.25) is 0 Å². The van der Waals surface area contributed by atoms with Crippen LogP contribution < -0.4 is 5.32 Å². The molecule has 9 heteroatoms. The Hall–Kier alpha value is -2.87. The second kappa shape index (κ2) is 11.7. The number of nitrogens with zero attached hydrogens (tertiary/aromatic N) is 1. The van der Waals surface area contributed by atoms with Gasteiger partial charge in [-0.25, -0.2) is 4.39 Å². The highest BCUT2D eigenvalue weighted by Gasteiger charge is 2.58. The van der Waals surface area contributed by atoms with E-state index in [2.05, 4.69) is 11.4 Å². The van der Waals surface area contributed by atoms with Gasteiger partial charge in [0.25, 0.3) is 5.91 Å². The van der Waals surface area contributed by atoms with Crippen LogP contribution in [0, 0.1) is 17.1 Å². The lowest BCUT2D eigenvalue weighted by molar-refractivity contribution is -0.183. The maximum atomic E-state index is 13.9. The number of hydrogen-bond donors (Lipinski definition) is 1. The Morgan fingerprint density at radius 1 is 1.13 bits per heavy atom. The predicted octanol–water partition coefficient (Wildman–Crippen LogP) is 4.15. The van der Waals surface area contributed by atoms with Gasteiger partial charge in [-0.3, -0.25) is 4.79 Å². The maximum Gasteiger partial charge on any atom is 0.252 e. The summed E-state index contributed by atoms with van der Waals surface area (Å²) in [5.41, 5.74) is 0.801. The van der Waals surface area contributed by atoms with Gasteiger partial charge in [-0.1, -0.05) is 24.3 Å². The molecule has 0 bridgehead atoms. The molecule has 8 nitrogen and oxygen atoms in total. The zero-order valence-corrected chi connectivity index (χ0v) is 22.4. The molecule has 0 spiro atoms. The van der Waals surface area contributed by atoms with E-state index in [9.17, 15) is 9.18 Å². The molecule has 3 fully saturated rings. The Labute approximate surface area is 228 Å². The molecule has 1 N–H and O–H groups in total. The third-order valence-corrected chi connectivity index (χ3v) is 7.53. The number of ether oxygens (including phenoxy) is 5. The molecule has 1 aliphatic carbocycles. The molecule has 5 rings (SSSR count). The average Bonchev–Trinajstić information content (AvgIpc) is 3.55. The van der Waals surface area contributed by atoms with Gasteiger partial charge in [0.2, 0.25) is 0 Å². The van der Waals surface area contributed by atoms with Crippen molar-refractivity contribution >= 4 is 5.91 Å². The van der Waals surface area contributed by atoms with Gasteiger partial charge in [-0.15, -0.1) is 0 Å². The van der Waals surface area contributed by atoms with Crippen molar-refractivity contribution in [1.82, 2.24) is 5.32 Å². The first kappa shape index (κ1) is 27.7. The van der Waals surface area contributed by atoms with Crippen LogP contribution >= 0.6 is 0 Å². The van der Waals surface area contributed by atoms with Crippen molar-refractivity contribution in [3.63, 3.8) is 0 Å². The molecule has 0 aromatic heterocycles. The van der Waals surface area contributed by atoms with Crippen LogP contribution in [0.3, 0.4) is 0 Å². The van der Waals surface area contributed by atoms with Gasteiger partial charge in [-0.2, -0.15) is 5.26 Å². The smallest absolute Gasteiger partial charge is 0.252 e. The van der Waals surface area contributed by atoms with E-state index in [1.807, 2.05) is 26.0 Å². The summed E-state index contributed by atoms with van der Waals surface area (Å²) in [4.78, 5) is 13.9. The summed E-state index contributed by atoms with van der Waals surface area (Å²) in [6.45, 7) is 5.08. The van der Waals surface area contributed by atoms with Crippen molar-refractivity contribution in [1.29, 1.82) is 5.26 Å². The lowest BCUT2D eigenvalue weighted by Gasteiger charge is -2.43. The molecule has 5 atom stereocenters. The molecule has 2 saturated heterocycles. The van der Waals surface area contributed by atoms with Crippen molar-refractivity contribution in [3.8, 4) is 6.07 Å². The first-order valence-corrected chi connectivity index (χ1v) is 13.5. The summed E-state index contributed by atoms with van der Waals surface area (Å²) in [5, 5.41) is 12.1. The number of nitrogens with one attached hydrogen (secondary N) is 1. The fourth-order valence-electron chi connectivity index (χ4n) is 5.61. The van der Waals surface area contributed by atoms with E-state index in [-0.39, 0.29) is 43.9 Å². The molecular formula is C30H35FN2O6. The second-order valence-electron chi connectivity index (χ2n) is 11.0. The Morgan fingerprint density at radius 3 is 2.67 bits per heavy atom. The molecule has 0 radical (unpaired) electrons. The van der Waals surface area contributed by atoms with Crippen molar-refractivity contribution in [2.45, 2.75) is 88.5 Å². The number of amides is 1. The zero-order chi connectivity index (χ0) is 27.5. The second-order valence-corrected chi connectivity index (χ2v) is 11.0. The lowest BCUT2D eigenvalue weighted by Crippen LogP contribution is -2.60. The summed E-state index contributed by atoms with van der Waals surface area (Å²) in [6.07, 6.45) is 0.985. The number of halogens is 1. The molecular weight excluding hydrogens is 503 g/mol. The first-order valence-electron chi connectivity index (χ1n) is 13.5. The van der Waals surface area contributed by atoms with Gasteiger partial charge in [0.15, 0.2) is 11.4 Å². The molecule has 2 aromatic carbocycles. The largest absolute Gasteiger partial charge is 0.376 e. The zero-order valence-electron chi connectivity index (χ0n) is 22.4. The highest BCUT2D eigenvalue weighted by molar-refractivity contribution is 5.85. The quantitative estimate of drug-likeness (QED) is 0.512. The number of carbonyl (C=O) groups is 1. The Balaban J connectivity index is 1.38. The topological polar surface area (TPSA) is 99.0 Å². The van der Waals surface area contributed by atoms with E-state index in [1.54, 1.807) is 24.3 Å². The van der Waals surface area contributed by atoms with Crippen LogP contribution in [-0.4, -0.2) is 54.9 Å². The van der Waals surface area contributed by atoms with Crippen LogP contribution in [0.25, 0.3) is 0 Å². The Kier molecular flexibility index (Phi) is 8.31. The van der Waals surface area contributed by atoms with Gasteiger partial charge >= 0.3 is 0 Å².